The van der Waals surface area contributed by atoms with Gasteiger partial charge in [0.05, 0.1) is 0 Å². The smallest absolute Gasteiger partial charge is 0.306 e. The predicted molar refractivity (Wildman–Crippen MR) is 233 cm³/mol. The van der Waals surface area contributed by atoms with Crippen molar-refractivity contribution in [3.05, 3.63) is 60.8 Å². The molecule has 0 aromatic carbocycles. The first-order chi connectivity index (χ1) is 27.0. The highest BCUT2D eigenvalue weighted by Crippen LogP contribution is 2.14. The SMILES string of the molecule is CC/C=C\C/C=C\C/C=C\C/C=C\C/C=C\CCCCCCCCCCCC(=O)OCC(COC(=O)CCCCCCC)OC(=O)CCCCCCCCC. The molecule has 316 valence electrons. The Morgan fingerprint density at radius 2 is 0.709 bits per heavy atom. The predicted octanol–water partition coefficient (Wildman–Crippen LogP) is 14.5. The fourth-order valence-electron chi connectivity index (χ4n) is 6.11. The molecule has 0 fully saturated rings. The summed E-state index contributed by atoms with van der Waals surface area (Å²) >= 11 is 0. The molecular formula is C49H84O6. The number of hydrogen-bond donors (Lipinski definition) is 0. The van der Waals surface area contributed by atoms with Gasteiger partial charge < -0.3 is 14.2 Å². The summed E-state index contributed by atoms with van der Waals surface area (Å²) in [5.74, 6) is -0.907. The lowest BCUT2D eigenvalue weighted by Gasteiger charge is -2.18. The Kier molecular flexibility index (Phi) is 41.5. The Hall–Kier alpha value is -2.89. The molecule has 0 heterocycles. The molecule has 0 aliphatic heterocycles. The maximum Gasteiger partial charge on any atom is 0.306 e. The topological polar surface area (TPSA) is 78.9 Å². The fourth-order valence-corrected chi connectivity index (χ4v) is 6.11. The van der Waals surface area contributed by atoms with Crippen LogP contribution in [-0.2, 0) is 28.6 Å². The largest absolute Gasteiger partial charge is 0.462 e. The number of rotatable bonds is 40. The molecule has 0 N–H and O–H groups in total. The van der Waals surface area contributed by atoms with E-state index in [9.17, 15) is 14.4 Å². The van der Waals surface area contributed by atoms with E-state index in [4.69, 9.17) is 14.2 Å². The van der Waals surface area contributed by atoms with E-state index in [1.807, 2.05) is 0 Å². The third-order valence-electron chi connectivity index (χ3n) is 9.54. The molecular weight excluding hydrogens is 685 g/mol. The normalized spacial score (nSPS) is 12.6. The first-order valence-corrected chi connectivity index (χ1v) is 22.8. The number of hydrogen-bond acceptors (Lipinski definition) is 6. The van der Waals surface area contributed by atoms with Gasteiger partial charge in [0.25, 0.3) is 0 Å². The first kappa shape index (κ1) is 52.1. The molecule has 0 aromatic heterocycles. The lowest BCUT2D eigenvalue weighted by Crippen LogP contribution is -2.30. The zero-order valence-corrected chi connectivity index (χ0v) is 35.9. The van der Waals surface area contributed by atoms with Crippen LogP contribution in [0, 0.1) is 0 Å². The molecule has 55 heavy (non-hydrogen) atoms. The van der Waals surface area contributed by atoms with E-state index < -0.39 is 6.10 Å². The molecule has 0 aliphatic carbocycles. The number of carbonyl (C=O) groups is 3. The number of allylic oxidation sites excluding steroid dienone is 10. The molecule has 0 saturated heterocycles. The van der Waals surface area contributed by atoms with E-state index in [1.54, 1.807) is 0 Å². The summed E-state index contributed by atoms with van der Waals surface area (Å²) in [4.78, 5) is 37.3. The van der Waals surface area contributed by atoms with Gasteiger partial charge in [-0.3, -0.25) is 14.4 Å². The Balaban J connectivity index is 4.03. The molecule has 6 heteroatoms. The van der Waals surface area contributed by atoms with Crippen LogP contribution in [0.25, 0.3) is 0 Å². The van der Waals surface area contributed by atoms with Gasteiger partial charge in [-0.2, -0.15) is 0 Å². The molecule has 0 bridgehead atoms. The molecule has 0 radical (unpaired) electrons. The van der Waals surface area contributed by atoms with Crippen LogP contribution >= 0.6 is 0 Å². The number of esters is 3. The Morgan fingerprint density at radius 3 is 1.11 bits per heavy atom. The van der Waals surface area contributed by atoms with Crippen LogP contribution in [0.15, 0.2) is 60.8 Å². The van der Waals surface area contributed by atoms with Gasteiger partial charge in [0.15, 0.2) is 6.10 Å². The van der Waals surface area contributed by atoms with Crippen molar-refractivity contribution in [3.8, 4) is 0 Å². The van der Waals surface area contributed by atoms with Crippen molar-refractivity contribution in [2.45, 2.75) is 219 Å². The van der Waals surface area contributed by atoms with E-state index in [1.165, 1.54) is 70.6 Å². The second kappa shape index (κ2) is 43.8. The van der Waals surface area contributed by atoms with Crippen LogP contribution < -0.4 is 0 Å². The van der Waals surface area contributed by atoms with Crippen molar-refractivity contribution in [1.29, 1.82) is 0 Å². The lowest BCUT2D eigenvalue weighted by atomic mass is 10.1. The van der Waals surface area contributed by atoms with Gasteiger partial charge in [-0.1, -0.05) is 191 Å². The van der Waals surface area contributed by atoms with Crippen molar-refractivity contribution in [3.63, 3.8) is 0 Å². The second-order valence-corrected chi connectivity index (χ2v) is 14.9. The van der Waals surface area contributed by atoms with Crippen molar-refractivity contribution in [1.82, 2.24) is 0 Å². The zero-order valence-electron chi connectivity index (χ0n) is 35.9. The van der Waals surface area contributed by atoms with Crippen LogP contribution in [0.1, 0.15) is 213 Å². The summed E-state index contributed by atoms with van der Waals surface area (Å²) in [5.41, 5.74) is 0. The van der Waals surface area contributed by atoms with Crippen LogP contribution in [0.4, 0.5) is 0 Å². The Morgan fingerprint density at radius 1 is 0.382 bits per heavy atom. The Bertz CT molecular complexity index is 1020. The quantitative estimate of drug-likeness (QED) is 0.0267. The zero-order chi connectivity index (χ0) is 40.1. The standard InChI is InChI=1S/C49H84O6/c1-4-7-10-13-15-16-17-18-19-20-21-22-23-24-25-26-27-28-29-30-31-32-34-36-39-42-48(51)54-45-46(44-53-47(50)41-38-35-12-9-6-3)55-49(52)43-40-37-33-14-11-8-5-2/h7,10,15-16,18-19,21-22,24-25,46H,4-6,8-9,11-14,17,20,23,26-45H2,1-3H3/b10-7-,16-15-,19-18-,22-21-,25-24-. The molecule has 1 unspecified atom stereocenters. The summed E-state index contributed by atoms with van der Waals surface area (Å²) in [6, 6.07) is 0. The monoisotopic (exact) mass is 769 g/mol. The Labute approximate surface area is 339 Å². The van der Waals surface area contributed by atoms with Crippen LogP contribution in [0.5, 0.6) is 0 Å². The summed E-state index contributed by atoms with van der Waals surface area (Å²) in [7, 11) is 0. The summed E-state index contributed by atoms with van der Waals surface area (Å²) < 4.78 is 16.5. The average molecular weight is 769 g/mol. The summed E-state index contributed by atoms with van der Waals surface area (Å²) in [6.07, 6.45) is 52.6. The highest BCUT2D eigenvalue weighted by molar-refractivity contribution is 5.71. The minimum atomic E-state index is -0.767. The lowest BCUT2D eigenvalue weighted by molar-refractivity contribution is -0.167. The molecule has 0 rings (SSSR count). The van der Waals surface area contributed by atoms with Gasteiger partial charge >= 0.3 is 17.9 Å². The minimum Gasteiger partial charge on any atom is -0.462 e. The van der Waals surface area contributed by atoms with Gasteiger partial charge in [0.2, 0.25) is 0 Å². The van der Waals surface area contributed by atoms with Gasteiger partial charge in [-0.15, -0.1) is 0 Å². The van der Waals surface area contributed by atoms with E-state index in [0.717, 1.165) is 103 Å². The van der Waals surface area contributed by atoms with E-state index in [0.29, 0.717) is 19.3 Å². The number of unbranched alkanes of at least 4 members (excludes halogenated alkanes) is 19. The minimum absolute atomic E-state index is 0.0762. The third kappa shape index (κ3) is 42.1. The van der Waals surface area contributed by atoms with Crippen molar-refractivity contribution in [2.24, 2.45) is 0 Å². The third-order valence-corrected chi connectivity index (χ3v) is 9.54. The van der Waals surface area contributed by atoms with Crippen LogP contribution in [0.2, 0.25) is 0 Å². The van der Waals surface area contributed by atoms with E-state index in [-0.39, 0.29) is 31.1 Å². The molecule has 0 saturated carbocycles. The fraction of sp³-hybridized carbons (Fsp3) is 0.735. The number of carbonyl (C=O) groups excluding carboxylic acids is 3. The molecule has 0 aliphatic rings. The summed E-state index contributed by atoms with van der Waals surface area (Å²) in [5, 5.41) is 0. The molecule has 0 spiro atoms. The van der Waals surface area contributed by atoms with Gasteiger partial charge in [-0.05, 0) is 64.2 Å². The van der Waals surface area contributed by atoms with E-state index >= 15 is 0 Å². The first-order valence-electron chi connectivity index (χ1n) is 22.8. The van der Waals surface area contributed by atoms with Gasteiger partial charge in [-0.25, -0.2) is 0 Å². The van der Waals surface area contributed by atoms with Crippen molar-refractivity contribution in [2.75, 3.05) is 13.2 Å². The van der Waals surface area contributed by atoms with Gasteiger partial charge in [0, 0.05) is 19.3 Å². The number of ether oxygens (including phenoxy) is 3. The highest BCUT2D eigenvalue weighted by atomic mass is 16.6. The van der Waals surface area contributed by atoms with Crippen LogP contribution in [0.3, 0.4) is 0 Å². The molecule has 0 aromatic rings. The summed E-state index contributed by atoms with van der Waals surface area (Å²) in [6.45, 7) is 6.37. The maximum absolute atomic E-state index is 12.5. The molecule has 6 nitrogen and oxygen atoms in total. The highest BCUT2D eigenvalue weighted by Gasteiger charge is 2.19. The average Bonchev–Trinajstić information content (AvgIpc) is 3.18. The molecule has 0 amide bonds. The molecule has 1 atom stereocenters. The second-order valence-electron chi connectivity index (χ2n) is 14.9. The van der Waals surface area contributed by atoms with Crippen LogP contribution in [-0.4, -0.2) is 37.2 Å². The van der Waals surface area contributed by atoms with Crippen molar-refractivity contribution < 1.29 is 28.6 Å². The van der Waals surface area contributed by atoms with Gasteiger partial charge in [0.1, 0.15) is 13.2 Å². The maximum atomic E-state index is 12.5. The van der Waals surface area contributed by atoms with E-state index in [2.05, 4.69) is 81.5 Å². The van der Waals surface area contributed by atoms with Crippen molar-refractivity contribution >= 4 is 17.9 Å².